The van der Waals surface area contributed by atoms with Gasteiger partial charge in [-0.05, 0) is 19.8 Å². The monoisotopic (exact) mass is 264 g/mol. The summed E-state index contributed by atoms with van der Waals surface area (Å²) < 4.78 is 0. The molecule has 19 heavy (non-hydrogen) atoms. The van der Waals surface area contributed by atoms with Crippen LogP contribution in [0.15, 0.2) is 6.07 Å². The number of aliphatic hydroxyl groups is 1. The third kappa shape index (κ3) is 3.56. The lowest BCUT2D eigenvalue weighted by molar-refractivity contribution is 0.238. The molecule has 0 spiro atoms. The van der Waals surface area contributed by atoms with Crippen LogP contribution < -0.4 is 10.2 Å². The van der Waals surface area contributed by atoms with Crippen molar-refractivity contribution in [1.29, 1.82) is 0 Å². The molecule has 1 atom stereocenters. The van der Waals surface area contributed by atoms with Crippen molar-refractivity contribution in [3.05, 3.63) is 11.9 Å². The zero-order valence-electron chi connectivity index (χ0n) is 11.9. The standard InChI is InChI=1S/C14H24N4O/c1-3-5-12-16-13(15-4-2)8-14(17-12)18-7-6-11(9-18)10-19/h8,11,19H,3-7,9-10H2,1-2H3,(H,15,16,17). The van der Waals surface area contributed by atoms with Gasteiger partial charge < -0.3 is 15.3 Å². The van der Waals surface area contributed by atoms with Gasteiger partial charge in [-0.1, -0.05) is 6.92 Å². The van der Waals surface area contributed by atoms with Gasteiger partial charge in [-0.15, -0.1) is 0 Å². The van der Waals surface area contributed by atoms with E-state index in [1.165, 1.54) is 0 Å². The van der Waals surface area contributed by atoms with Gasteiger partial charge in [-0.25, -0.2) is 9.97 Å². The predicted octanol–water partition coefficient (Wildman–Crippen LogP) is 1.68. The molecular weight excluding hydrogens is 240 g/mol. The van der Waals surface area contributed by atoms with Crippen LogP contribution in [0.5, 0.6) is 0 Å². The summed E-state index contributed by atoms with van der Waals surface area (Å²) >= 11 is 0. The third-order valence-corrected chi connectivity index (χ3v) is 3.46. The molecular formula is C14H24N4O. The lowest BCUT2D eigenvalue weighted by atomic mass is 10.1. The van der Waals surface area contributed by atoms with Crippen LogP contribution >= 0.6 is 0 Å². The fourth-order valence-corrected chi connectivity index (χ4v) is 2.44. The van der Waals surface area contributed by atoms with Crippen LogP contribution in [0.3, 0.4) is 0 Å². The maximum absolute atomic E-state index is 9.24. The summed E-state index contributed by atoms with van der Waals surface area (Å²) in [6.45, 7) is 7.20. The molecule has 1 aromatic heterocycles. The molecule has 5 nitrogen and oxygen atoms in total. The van der Waals surface area contributed by atoms with Gasteiger partial charge in [0.1, 0.15) is 17.5 Å². The highest BCUT2D eigenvalue weighted by Gasteiger charge is 2.23. The Kier molecular flexibility index (Phi) is 4.96. The molecule has 1 saturated heterocycles. The van der Waals surface area contributed by atoms with E-state index in [-0.39, 0.29) is 6.61 Å². The molecule has 5 heteroatoms. The zero-order valence-corrected chi connectivity index (χ0v) is 11.9. The fraction of sp³-hybridized carbons (Fsp3) is 0.714. The molecule has 0 radical (unpaired) electrons. The highest BCUT2D eigenvalue weighted by molar-refractivity contribution is 5.50. The molecule has 0 aromatic carbocycles. The second kappa shape index (κ2) is 6.70. The molecule has 1 fully saturated rings. The number of hydrogen-bond donors (Lipinski definition) is 2. The van der Waals surface area contributed by atoms with Crippen LogP contribution in [0.4, 0.5) is 11.6 Å². The lowest BCUT2D eigenvalue weighted by Crippen LogP contribution is -2.22. The zero-order chi connectivity index (χ0) is 13.7. The van der Waals surface area contributed by atoms with Crippen molar-refractivity contribution < 1.29 is 5.11 Å². The molecule has 1 aliphatic heterocycles. The Morgan fingerprint density at radius 3 is 2.89 bits per heavy atom. The molecule has 0 amide bonds. The number of aryl methyl sites for hydroxylation is 1. The summed E-state index contributed by atoms with van der Waals surface area (Å²) in [5.74, 6) is 3.18. The number of nitrogens with one attached hydrogen (secondary N) is 1. The van der Waals surface area contributed by atoms with Crippen LogP contribution in [0.2, 0.25) is 0 Å². The molecule has 1 aliphatic rings. The molecule has 0 bridgehead atoms. The Labute approximate surface area is 115 Å². The van der Waals surface area contributed by atoms with E-state index in [9.17, 15) is 5.11 Å². The van der Waals surface area contributed by atoms with Crippen molar-refractivity contribution in [2.24, 2.45) is 5.92 Å². The molecule has 2 rings (SSSR count). The minimum Gasteiger partial charge on any atom is -0.396 e. The molecule has 0 saturated carbocycles. The van der Waals surface area contributed by atoms with E-state index in [2.05, 4.69) is 34.0 Å². The van der Waals surface area contributed by atoms with Gasteiger partial charge in [0, 0.05) is 44.6 Å². The van der Waals surface area contributed by atoms with Crippen LogP contribution in [0.25, 0.3) is 0 Å². The molecule has 2 heterocycles. The van der Waals surface area contributed by atoms with Crippen molar-refractivity contribution in [2.75, 3.05) is 36.5 Å². The number of rotatable bonds is 6. The summed E-state index contributed by atoms with van der Waals surface area (Å²) in [6.07, 6.45) is 3.00. The Balaban J connectivity index is 2.18. The summed E-state index contributed by atoms with van der Waals surface area (Å²) in [7, 11) is 0. The van der Waals surface area contributed by atoms with E-state index >= 15 is 0 Å². The molecule has 2 N–H and O–H groups in total. The topological polar surface area (TPSA) is 61.3 Å². The van der Waals surface area contributed by atoms with Gasteiger partial charge in [0.2, 0.25) is 0 Å². The van der Waals surface area contributed by atoms with Gasteiger partial charge in [0.05, 0.1) is 0 Å². The molecule has 0 aliphatic carbocycles. The first-order valence-electron chi connectivity index (χ1n) is 7.24. The van der Waals surface area contributed by atoms with Gasteiger partial charge in [-0.2, -0.15) is 0 Å². The van der Waals surface area contributed by atoms with Crippen molar-refractivity contribution in [1.82, 2.24) is 9.97 Å². The summed E-state index contributed by atoms with van der Waals surface area (Å²) in [4.78, 5) is 11.4. The maximum Gasteiger partial charge on any atom is 0.134 e. The van der Waals surface area contributed by atoms with E-state index in [1.54, 1.807) is 0 Å². The normalized spacial score (nSPS) is 18.9. The second-order valence-corrected chi connectivity index (χ2v) is 5.09. The Morgan fingerprint density at radius 2 is 2.26 bits per heavy atom. The van der Waals surface area contributed by atoms with Gasteiger partial charge >= 0.3 is 0 Å². The van der Waals surface area contributed by atoms with E-state index in [1.807, 2.05) is 6.07 Å². The average molecular weight is 264 g/mol. The SMILES string of the molecule is CCCc1nc(NCC)cc(N2CCC(CO)C2)n1. The van der Waals surface area contributed by atoms with E-state index in [0.717, 1.165) is 56.4 Å². The molecule has 1 aromatic rings. The van der Waals surface area contributed by atoms with Gasteiger partial charge in [-0.3, -0.25) is 0 Å². The Bertz CT molecular complexity index is 386. The van der Waals surface area contributed by atoms with Gasteiger partial charge in [0.15, 0.2) is 0 Å². The van der Waals surface area contributed by atoms with E-state index in [4.69, 9.17) is 0 Å². The third-order valence-electron chi connectivity index (χ3n) is 3.46. The number of aliphatic hydroxyl groups excluding tert-OH is 1. The van der Waals surface area contributed by atoms with Crippen molar-refractivity contribution in [3.63, 3.8) is 0 Å². The first-order valence-corrected chi connectivity index (χ1v) is 7.24. The lowest BCUT2D eigenvalue weighted by Gasteiger charge is -2.19. The molecule has 1 unspecified atom stereocenters. The van der Waals surface area contributed by atoms with Crippen LogP contribution in [0, 0.1) is 5.92 Å². The minimum absolute atomic E-state index is 0.267. The fourth-order valence-electron chi connectivity index (χ4n) is 2.44. The largest absolute Gasteiger partial charge is 0.396 e. The van der Waals surface area contributed by atoms with Crippen LogP contribution in [-0.4, -0.2) is 41.3 Å². The second-order valence-electron chi connectivity index (χ2n) is 5.09. The minimum atomic E-state index is 0.267. The predicted molar refractivity (Wildman–Crippen MR) is 77.6 cm³/mol. The first kappa shape index (κ1) is 14.1. The van der Waals surface area contributed by atoms with Crippen LogP contribution in [0.1, 0.15) is 32.5 Å². The number of anilines is 2. The van der Waals surface area contributed by atoms with E-state index < -0.39 is 0 Å². The number of aromatic nitrogens is 2. The highest BCUT2D eigenvalue weighted by Crippen LogP contribution is 2.24. The Hall–Kier alpha value is -1.36. The van der Waals surface area contributed by atoms with Crippen LogP contribution in [-0.2, 0) is 6.42 Å². The molecule has 106 valence electrons. The summed E-state index contributed by atoms with van der Waals surface area (Å²) in [5, 5.41) is 12.5. The quantitative estimate of drug-likeness (QED) is 0.818. The van der Waals surface area contributed by atoms with Crippen molar-refractivity contribution in [2.45, 2.75) is 33.1 Å². The van der Waals surface area contributed by atoms with Crippen molar-refractivity contribution >= 4 is 11.6 Å². The summed E-state index contributed by atoms with van der Waals surface area (Å²) in [5.41, 5.74) is 0. The smallest absolute Gasteiger partial charge is 0.134 e. The van der Waals surface area contributed by atoms with Gasteiger partial charge in [0.25, 0.3) is 0 Å². The number of nitrogens with zero attached hydrogens (tertiary/aromatic N) is 3. The van der Waals surface area contributed by atoms with E-state index in [0.29, 0.717) is 5.92 Å². The summed E-state index contributed by atoms with van der Waals surface area (Å²) in [6, 6.07) is 2.02. The average Bonchev–Trinajstić information content (AvgIpc) is 2.88. The Morgan fingerprint density at radius 1 is 1.42 bits per heavy atom. The number of hydrogen-bond acceptors (Lipinski definition) is 5. The van der Waals surface area contributed by atoms with Crippen molar-refractivity contribution in [3.8, 4) is 0 Å². The highest BCUT2D eigenvalue weighted by atomic mass is 16.3. The maximum atomic E-state index is 9.24. The first-order chi connectivity index (χ1) is 9.26.